The molecule has 1 saturated heterocycles. The number of hydrogen-bond donors (Lipinski definition) is 0. The van der Waals surface area contributed by atoms with E-state index in [1.807, 2.05) is 11.3 Å². The third-order valence-corrected chi connectivity index (χ3v) is 6.58. The highest BCUT2D eigenvalue weighted by Gasteiger charge is 2.29. The monoisotopic (exact) mass is 375 g/mol. The Morgan fingerprint density at radius 3 is 2.64 bits per heavy atom. The van der Waals surface area contributed by atoms with Crippen molar-refractivity contribution in [2.24, 2.45) is 0 Å². The van der Waals surface area contributed by atoms with Gasteiger partial charge in [0, 0.05) is 48.2 Å². The van der Waals surface area contributed by atoms with Crippen molar-refractivity contribution in [2.45, 2.75) is 36.9 Å². The highest BCUT2D eigenvalue weighted by Crippen LogP contribution is 2.32. The second-order valence-corrected chi connectivity index (χ2v) is 8.67. The summed E-state index contributed by atoms with van der Waals surface area (Å²) in [7, 11) is 0. The number of ether oxygens (including phenoxy) is 1. The number of hydrogen-bond acceptors (Lipinski definition) is 6. The molecule has 2 heterocycles. The third-order valence-electron chi connectivity index (χ3n) is 4.79. The van der Waals surface area contributed by atoms with Crippen LogP contribution in [0.25, 0.3) is 0 Å². The van der Waals surface area contributed by atoms with Crippen LogP contribution in [-0.2, 0) is 17.8 Å². The number of nitrogens with zero attached hydrogens (tertiary/aromatic N) is 3. The second kappa shape index (κ2) is 8.08. The zero-order valence-corrected chi connectivity index (χ0v) is 16.3. The van der Waals surface area contributed by atoms with Crippen molar-refractivity contribution < 1.29 is 4.74 Å². The van der Waals surface area contributed by atoms with Gasteiger partial charge in [-0.05, 0) is 36.8 Å². The maximum Gasteiger partial charge on any atom is 0.185 e. The molecule has 0 N–H and O–H groups in total. The van der Waals surface area contributed by atoms with E-state index in [0.29, 0.717) is 0 Å². The fourth-order valence-electron chi connectivity index (χ4n) is 3.19. The van der Waals surface area contributed by atoms with Crippen molar-refractivity contribution in [1.29, 1.82) is 0 Å². The van der Waals surface area contributed by atoms with Gasteiger partial charge in [-0.3, -0.25) is 4.90 Å². The zero-order valence-electron chi connectivity index (χ0n) is 14.7. The quantitative estimate of drug-likeness (QED) is 0.685. The summed E-state index contributed by atoms with van der Waals surface area (Å²) in [5.41, 5.74) is 1.41. The fraction of sp³-hybridized carbons (Fsp3) is 0.526. The lowest BCUT2D eigenvalue weighted by molar-refractivity contribution is 0.122. The minimum absolute atomic E-state index is 0.745. The Morgan fingerprint density at radius 2 is 1.96 bits per heavy atom. The Hall–Kier alpha value is -1.08. The molecule has 0 unspecified atom stereocenters. The lowest BCUT2D eigenvalue weighted by atomic mass is 10.2. The van der Waals surface area contributed by atoms with E-state index < -0.39 is 0 Å². The Bertz CT molecular complexity index is 678. The van der Waals surface area contributed by atoms with Crippen molar-refractivity contribution in [3.8, 4) is 0 Å². The third kappa shape index (κ3) is 4.56. The number of thiazole rings is 1. The molecule has 0 bridgehead atoms. The van der Waals surface area contributed by atoms with Crippen molar-refractivity contribution in [2.75, 3.05) is 37.5 Å². The molecule has 134 valence electrons. The molecule has 0 radical (unpaired) electrons. The van der Waals surface area contributed by atoms with Crippen LogP contribution < -0.4 is 4.90 Å². The first-order chi connectivity index (χ1) is 12.3. The molecule has 1 saturated carbocycles. The van der Waals surface area contributed by atoms with E-state index in [4.69, 9.17) is 4.74 Å². The number of anilines is 1. The lowest BCUT2D eigenvalue weighted by Crippen LogP contribution is -2.36. The lowest BCUT2D eigenvalue weighted by Gasteiger charge is -2.26. The molecular formula is C19H25N3OS2. The van der Waals surface area contributed by atoms with E-state index in [0.717, 1.165) is 50.6 Å². The Labute approximate surface area is 158 Å². The Kier molecular flexibility index (Phi) is 5.60. The van der Waals surface area contributed by atoms with Crippen LogP contribution in [-0.4, -0.2) is 48.5 Å². The van der Waals surface area contributed by atoms with Gasteiger partial charge in [0.2, 0.25) is 0 Å². The summed E-state index contributed by atoms with van der Waals surface area (Å²) in [4.78, 5) is 12.3. The van der Waals surface area contributed by atoms with E-state index in [2.05, 4.69) is 51.5 Å². The Balaban J connectivity index is 1.40. The molecule has 1 aliphatic heterocycles. The van der Waals surface area contributed by atoms with Crippen molar-refractivity contribution in [1.82, 2.24) is 9.88 Å². The smallest absolute Gasteiger partial charge is 0.185 e. The summed E-state index contributed by atoms with van der Waals surface area (Å²) in [6, 6.07) is 9.75. The van der Waals surface area contributed by atoms with E-state index in [1.54, 1.807) is 11.8 Å². The first-order valence-corrected chi connectivity index (χ1v) is 11.0. The van der Waals surface area contributed by atoms with E-state index in [1.165, 1.54) is 28.2 Å². The molecule has 0 atom stereocenters. The van der Waals surface area contributed by atoms with Crippen LogP contribution in [0.1, 0.15) is 23.3 Å². The fourth-order valence-corrected chi connectivity index (χ4v) is 4.59. The van der Waals surface area contributed by atoms with Gasteiger partial charge in [0.1, 0.15) is 0 Å². The molecule has 2 aliphatic rings. The summed E-state index contributed by atoms with van der Waals surface area (Å²) in [5.74, 6) is 0. The molecule has 4 rings (SSSR count). The number of rotatable bonds is 7. The van der Waals surface area contributed by atoms with E-state index in [9.17, 15) is 0 Å². The van der Waals surface area contributed by atoms with Gasteiger partial charge in [0.05, 0.1) is 13.2 Å². The molecule has 2 aromatic rings. The van der Waals surface area contributed by atoms with E-state index >= 15 is 0 Å². The van der Waals surface area contributed by atoms with Crippen LogP contribution in [0.3, 0.4) is 0 Å². The molecule has 0 spiro atoms. The average Bonchev–Trinajstić information content (AvgIpc) is 3.41. The summed E-state index contributed by atoms with van der Waals surface area (Å²) < 4.78 is 5.44. The molecular weight excluding hydrogens is 350 g/mol. The molecule has 1 aliphatic carbocycles. The van der Waals surface area contributed by atoms with Crippen LogP contribution in [0.15, 0.2) is 35.4 Å². The van der Waals surface area contributed by atoms with Crippen molar-refractivity contribution in [3.05, 3.63) is 40.9 Å². The number of benzene rings is 1. The van der Waals surface area contributed by atoms with Crippen LogP contribution >= 0.6 is 23.1 Å². The second-order valence-electron chi connectivity index (χ2n) is 6.69. The van der Waals surface area contributed by atoms with Crippen molar-refractivity contribution >= 4 is 28.2 Å². The van der Waals surface area contributed by atoms with Gasteiger partial charge in [-0.1, -0.05) is 12.1 Å². The SMILES string of the molecule is CSc1ccc(CN(Cc2cnc(N3CCOCC3)s2)C2CC2)cc1. The maximum atomic E-state index is 5.44. The highest BCUT2D eigenvalue weighted by atomic mass is 32.2. The van der Waals surface area contributed by atoms with Gasteiger partial charge < -0.3 is 9.64 Å². The summed E-state index contributed by atoms with van der Waals surface area (Å²) >= 11 is 3.64. The predicted molar refractivity (Wildman–Crippen MR) is 106 cm³/mol. The zero-order chi connectivity index (χ0) is 17.1. The minimum atomic E-state index is 0.745. The first kappa shape index (κ1) is 17.3. The van der Waals surface area contributed by atoms with Gasteiger partial charge in [-0.15, -0.1) is 23.1 Å². The van der Waals surface area contributed by atoms with Crippen LogP contribution in [0.2, 0.25) is 0 Å². The summed E-state index contributed by atoms with van der Waals surface area (Å²) in [6.07, 6.45) is 6.86. The Morgan fingerprint density at radius 1 is 1.20 bits per heavy atom. The minimum Gasteiger partial charge on any atom is -0.378 e. The topological polar surface area (TPSA) is 28.6 Å². The molecule has 25 heavy (non-hydrogen) atoms. The predicted octanol–water partition coefficient (Wildman–Crippen LogP) is 3.87. The summed E-state index contributed by atoms with van der Waals surface area (Å²) in [6.45, 7) is 5.59. The molecule has 1 aromatic carbocycles. The molecule has 6 heteroatoms. The van der Waals surface area contributed by atoms with E-state index in [-0.39, 0.29) is 0 Å². The first-order valence-electron chi connectivity index (χ1n) is 8.96. The summed E-state index contributed by atoms with van der Waals surface area (Å²) in [5, 5.41) is 1.15. The van der Waals surface area contributed by atoms with Crippen LogP contribution in [0.4, 0.5) is 5.13 Å². The van der Waals surface area contributed by atoms with Gasteiger partial charge in [0.15, 0.2) is 5.13 Å². The number of morpholine rings is 1. The van der Waals surface area contributed by atoms with Crippen LogP contribution in [0.5, 0.6) is 0 Å². The van der Waals surface area contributed by atoms with Crippen molar-refractivity contribution in [3.63, 3.8) is 0 Å². The molecule has 2 fully saturated rings. The average molecular weight is 376 g/mol. The maximum absolute atomic E-state index is 5.44. The van der Waals surface area contributed by atoms with Gasteiger partial charge in [-0.2, -0.15) is 0 Å². The standard InChI is InChI=1S/C19H25N3OS2/c1-24-17-6-2-15(3-7-17)13-22(16-4-5-16)14-18-12-20-19(25-18)21-8-10-23-11-9-21/h2-3,6-7,12,16H,4-5,8-11,13-14H2,1H3. The largest absolute Gasteiger partial charge is 0.378 e. The number of thioether (sulfide) groups is 1. The highest BCUT2D eigenvalue weighted by molar-refractivity contribution is 7.98. The molecule has 1 aromatic heterocycles. The molecule has 0 amide bonds. The normalized spacial score (nSPS) is 18.1. The van der Waals surface area contributed by atoms with Gasteiger partial charge in [0.25, 0.3) is 0 Å². The molecule has 4 nitrogen and oxygen atoms in total. The number of aromatic nitrogens is 1. The van der Waals surface area contributed by atoms with Gasteiger partial charge >= 0.3 is 0 Å². The van der Waals surface area contributed by atoms with Gasteiger partial charge in [-0.25, -0.2) is 4.98 Å². The van der Waals surface area contributed by atoms with Crippen LogP contribution in [0, 0.1) is 0 Å².